The van der Waals surface area contributed by atoms with E-state index >= 15 is 0 Å². The molecule has 0 unspecified atom stereocenters. The van der Waals surface area contributed by atoms with Crippen LogP contribution in [0, 0.1) is 10.1 Å². The van der Waals surface area contributed by atoms with E-state index in [4.69, 9.17) is 17.3 Å². The Kier molecular flexibility index (Phi) is 11.1. The number of sulfonamides is 1. The van der Waals surface area contributed by atoms with E-state index in [2.05, 4.69) is 10.3 Å². The number of nitro benzene ring substituents is 1. The highest BCUT2D eigenvalue weighted by molar-refractivity contribution is 7.99. The molecule has 0 saturated heterocycles. The largest absolute Gasteiger partial charge is 0.376 e. The summed E-state index contributed by atoms with van der Waals surface area (Å²) >= 11 is 7.44. The molecule has 4 N–H and O–H groups in total. The Morgan fingerprint density at radius 1 is 1.00 bits per heavy atom. The van der Waals surface area contributed by atoms with Crippen LogP contribution in [-0.4, -0.2) is 42.6 Å². The molecule has 1 atom stereocenters. The standard InChI is InChI=1S/C30H30ClN5O5S2/c31-29-16-13-23(19-33-29)21-9-11-22(12-10-21)30(37)35-43(40,41)26-14-15-27(28(18-26)36(38)39)34-24(6-4-5-17-32)20-42-25-7-2-1-3-8-25/h1-3,7-16,18-19,24,34H,4-6,17,20,32H2,(H,35,37)/t24-/m1/s1. The molecule has 0 saturated carbocycles. The molecule has 4 rings (SSSR count). The number of hydrogen-bond acceptors (Lipinski definition) is 9. The Hall–Kier alpha value is -3.97. The Labute approximate surface area is 259 Å². The summed E-state index contributed by atoms with van der Waals surface area (Å²) in [5.74, 6) is -0.238. The number of carbonyl (C=O) groups is 1. The number of aromatic nitrogens is 1. The summed E-state index contributed by atoms with van der Waals surface area (Å²) in [5, 5.41) is 15.6. The van der Waals surface area contributed by atoms with Crippen LogP contribution in [0.1, 0.15) is 29.6 Å². The quantitative estimate of drug-likeness (QED) is 0.0485. The highest BCUT2D eigenvalue weighted by Gasteiger charge is 2.25. The van der Waals surface area contributed by atoms with E-state index in [1.54, 1.807) is 42.2 Å². The SMILES string of the molecule is NCCCC[C@H](CSc1ccccc1)Nc1ccc(S(=O)(=O)NC(=O)c2ccc(-c3ccc(Cl)nc3)cc2)cc1[N+](=O)[O-]. The Bertz CT molecular complexity index is 1660. The van der Waals surface area contributed by atoms with E-state index in [9.17, 15) is 23.3 Å². The molecule has 0 aliphatic heterocycles. The van der Waals surface area contributed by atoms with Crippen molar-refractivity contribution >= 4 is 50.7 Å². The van der Waals surface area contributed by atoms with Crippen molar-refractivity contribution in [3.05, 3.63) is 112 Å². The molecule has 0 bridgehead atoms. The minimum Gasteiger partial charge on any atom is -0.376 e. The van der Waals surface area contributed by atoms with Gasteiger partial charge in [-0.25, -0.2) is 18.1 Å². The fourth-order valence-corrected chi connectivity index (χ4v) is 6.32. The molecule has 0 spiro atoms. The van der Waals surface area contributed by atoms with Crippen molar-refractivity contribution in [1.82, 2.24) is 9.71 Å². The first-order chi connectivity index (χ1) is 20.7. The molecule has 3 aromatic carbocycles. The number of nitrogens with zero attached hydrogens (tertiary/aromatic N) is 2. The lowest BCUT2D eigenvalue weighted by molar-refractivity contribution is -0.384. The summed E-state index contributed by atoms with van der Waals surface area (Å²) in [6.45, 7) is 0.543. The summed E-state index contributed by atoms with van der Waals surface area (Å²) in [6, 6.07) is 22.9. The lowest BCUT2D eigenvalue weighted by Gasteiger charge is -2.20. The zero-order valence-electron chi connectivity index (χ0n) is 23.0. The average Bonchev–Trinajstić information content (AvgIpc) is 3.00. The number of nitrogens with one attached hydrogen (secondary N) is 2. The Balaban J connectivity index is 1.49. The zero-order valence-corrected chi connectivity index (χ0v) is 25.4. The number of nitrogens with two attached hydrogens (primary N) is 1. The van der Waals surface area contributed by atoms with Gasteiger partial charge < -0.3 is 11.1 Å². The van der Waals surface area contributed by atoms with Gasteiger partial charge >= 0.3 is 0 Å². The summed E-state index contributed by atoms with van der Waals surface area (Å²) in [4.78, 5) is 28.8. The lowest BCUT2D eigenvalue weighted by atomic mass is 10.1. The summed E-state index contributed by atoms with van der Waals surface area (Å²) < 4.78 is 28.1. The van der Waals surface area contributed by atoms with Crippen LogP contribution in [-0.2, 0) is 10.0 Å². The second-order valence-corrected chi connectivity index (χ2v) is 12.7. The Morgan fingerprint density at radius 3 is 2.37 bits per heavy atom. The molecule has 0 aliphatic carbocycles. The monoisotopic (exact) mass is 639 g/mol. The molecular weight excluding hydrogens is 610 g/mol. The maximum Gasteiger partial charge on any atom is 0.293 e. The molecule has 1 aromatic heterocycles. The summed E-state index contributed by atoms with van der Waals surface area (Å²) in [6.07, 6.45) is 3.94. The van der Waals surface area contributed by atoms with Gasteiger partial charge in [0, 0.05) is 40.1 Å². The predicted molar refractivity (Wildman–Crippen MR) is 170 cm³/mol. The van der Waals surface area contributed by atoms with Gasteiger partial charge in [-0.3, -0.25) is 14.9 Å². The van der Waals surface area contributed by atoms with Crippen LogP contribution in [0.5, 0.6) is 0 Å². The number of benzene rings is 3. The van der Waals surface area contributed by atoms with Gasteiger partial charge in [0.15, 0.2) is 0 Å². The molecule has 0 aliphatic rings. The minimum absolute atomic E-state index is 0.0956. The van der Waals surface area contributed by atoms with Crippen LogP contribution in [0.4, 0.5) is 11.4 Å². The van der Waals surface area contributed by atoms with Crippen molar-refractivity contribution in [3.63, 3.8) is 0 Å². The molecular formula is C30H30ClN5O5S2. The zero-order chi connectivity index (χ0) is 30.8. The normalized spacial score (nSPS) is 12.0. The van der Waals surface area contributed by atoms with Crippen molar-refractivity contribution in [2.24, 2.45) is 5.73 Å². The van der Waals surface area contributed by atoms with Crippen molar-refractivity contribution in [1.29, 1.82) is 0 Å². The molecule has 0 radical (unpaired) electrons. The van der Waals surface area contributed by atoms with Crippen LogP contribution < -0.4 is 15.8 Å². The molecule has 13 heteroatoms. The molecule has 224 valence electrons. The van der Waals surface area contributed by atoms with E-state index < -0.39 is 31.4 Å². The number of pyridine rings is 1. The summed E-state index contributed by atoms with van der Waals surface area (Å²) in [5.41, 5.74) is 7.05. The number of amides is 1. The maximum absolute atomic E-state index is 13.1. The van der Waals surface area contributed by atoms with Gasteiger partial charge in [-0.1, -0.05) is 48.4 Å². The van der Waals surface area contributed by atoms with E-state index in [1.165, 1.54) is 24.3 Å². The van der Waals surface area contributed by atoms with Crippen molar-refractivity contribution < 1.29 is 18.1 Å². The van der Waals surface area contributed by atoms with Crippen LogP contribution in [0.2, 0.25) is 5.15 Å². The third kappa shape index (κ3) is 9.01. The van der Waals surface area contributed by atoms with Gasteiger partial charge in [-0.15, -0.1) is 11.8 Å². The van der Waals surface area contributed by atoms with E-state index in [-0.39, 0.29) is 17.3 Å². The molecule has 4 aromatic rings. The number of nitro groups is 1. The number of carbonyl (C=O) groups excluding carboxylic acids is 1. The van der Waals surface area contributed by atoms with Crippen molar-refractivity contribution in [2.75, 3.05) is 17.6 Å². The molecule has 1 amide bonds. The Morgan fingerprint density at radius 2 is 1.72 bits per heavy atom. The number of anilines is 1. The number of hydrogen-bond donors (Lipinski definition) is 3. The fraction of sp³-hybridized carbons (Fsp3) is 0.200. The average molecular weight is 640 g/mol. The number of halogens is 1. The van der Waals surface area contributed by atoms with Gasteiger partial charge in [0.25, 0.3) is 21.6 Å². The molecule has 10 nitrogen and oxygen atoms in total. The number of rotatable bonds is 14. The van der Waals surface area contributed by atoms with Gasteiger partial charge in [0.05, 0.1) is 9.82 Å². The first-order valence-electron chi connectivity index (χ1n) is 13.4. The maximum atomic E-state index is 13.1. The van der Waals surface area contributed by atoms with Gasteiger partial charge in [0.2, 0.25) is 0 Å². The van der Waals surface area contributed by atoms with Crippen molar-refractivity contribution in [2.45, 2.75) is 35.1 Å². The first-order valence-corrected chi connectivity index (χ1v) is 16.2. The van der Waals surface area contributed by atoms with Crippen molar-refractivity contribution in [3.8, 4) is 11.1 Å². The highest BCUT2D eigenvalue weighted by Crippen LogP contribution is 2.30. The van der Waals surface area contributed by atoms with Crippen LogP contribution in [0.3, 0.4) is 0 Å². The third-order valence-electron chi connectivity index (χ3n) is 6.47. The van der Waals surface area contributed by atoms with E-state index in [0.717, 1.165) is 41.4 Å². The van der Waals surface area contributed by atoms with Gasteiger partial charge in [-0.05, 0) is 73.5 Å². The van der Waals surface area contributed by atoms with E-state index in [0.29, 0.717) is 17.5 Å². The number of thioether (sulfide) groups is 1. The van der Waals surface area contributed by atoms with Gasteiger partial charge in [0.1, 0.15) is 10.8 Å². The topological polar surface area (TPSA) is 157 Å². The van der Waals surface area contributed by atoms with Crippen LogP contribution in [0.25, 0.3) is 11.1 Å². The first kappa shape index (κ1) is 32.0. The molecule has 0 fully saturated rings. The third-order valence-corrected chi connectivity index (χ3v) is 9.20. The van der Waals surface area contributed by atoms with E-state index in [1.807, 2.05) is 35.1 Å². The summed E-state index contributed by atoms with van der Waals surface area (Å²) in [7, 11) is -4.41. The second kappa shape index (κ2) is 15.0. The smallest absolute Gasteiger partial charge is 0.293 e. The number of unbranched alkanes of at least 4 members (excludes halogenated alkanes) is 1. The van der Waals surface area contributed by atoms with Crippen LogP contribution in [0.15, 0.2) is 101 Å². The van der Waals surface area contributed by atoms with Gasteiger partial charge in [-0.2, -0.15) is 0 Å². The predicted octanol–water partition coefficient (Wildman–Crippen LogP) is 6.13. The second-order valence-electron chi connectivity index (χ2n) is 9.57. The minimum atomic E-state index is -4.41. The lowest BCUT2D eigenvalue weighted by Crippen LogP contribution is -2.30. The van der Waals surface area contributed by atoms with Crippen LogP contribution >= 0.6 is 23.4 Å². The molecule has 43 heavy (non-hydrogen) atoms. The highest BCUT2D eigenvalue weighted by atomic mass is 35.5. The fourth-order valence-electron chi connectivity index (χ4n) is 4.22. The molecule has 1 heterocycles.